The van der Waals surface area contributed by atoms with Gasteiger partial charge in [0.1, 0.15) is 5.52 Å². The molecule has 20 heavy (non-hydrogen) atoms. The lowest BCUT2D eigenvalue weighted by Gasteiger charge is -2.06. The molecule has 0 unspecified atom stereocenters. The molecule has 3 rings (SSSR count). The molecular formula is C15H13N3O2. The van der Waals surface area contributed by atoms with Crippen molar-refractivity contribution in [2.24, 2.45) is 0 Å². The summed E-state index contributed by atoms with van der Waals surface area (Å²) in [5, 5.41) is 3.99. The van der Waals surface area contributed by atoms with E-state index in [0.717, 1.165) is 5.56 Å². The van der Waals surface area contributed by atoms with E-state index >= 15 is 0 Å². The average molecular weight is 267 g/mol. The Balaban J connectivity index is 1.93. The van der Waals surface area contributed by atoms with Crippen LogP contribution >= 0.6 is 0 Å². The van der Waals surface area contributed by atoms with Crippen LogP contribution in [-0.2, 0) is 6.54 Å². The van der Waals surface area contributed by atoms with Crippen LogP contribution in [0.5, 0.6) is 0 Å². The lowest BCUT2D eigenvalue weighted by atomic mass is 10.1. The number of carbonyl (C=O) groups excluding carboxylic acids is 1. The van der Waals surface area contributed by atoms with Crippen molar-refractivity contribution in [3.63, 3.8) is 0 Å². The van der Waals surface area contributed by atoms with Gasteiger partial charge in [0.15, 0.2) is 5.78 Å². The van der Waals surface area contributed by atoms with Crippen LogP contribution < -0.4 is 5.56 Å². The molecule has 0 N–H and O–H groups in total. The number of Topliss-reactive ketones (excluding diaryl/α,β-unsaturated/α-hetero) is 1. The van der Waals surface area contributed by atoms with Gasteiger partial charge in [0.25, 0.3) is 5.56 Å². The highest BCUT2D eigenvalue weighted by Crippen LogP contribution is 2.05. The number of nitrogens with zero attached hydrogens (tertiary/aromatic N) is 3. The quantitative estimate of drug-likeness (QED) is 0.678. The van der Waals surface area contributed by atoms with Gasteiger partial charge in [-0.25, -0.2) is 4.52 Å². The van der Waals surface area contributed by atoms with Crippen LogP contribution in [0.15, 0.2) is 53.7 Å². The van der Waals surface area contributed by atoms with Crippen molar-refractivity contribution in [2.45, 2.75) is 13.5 Å². The number of aromatic nitrogens is 3. The molecule has 0 atom stereocenters. The Morgan fingerprint density at radius 2 is 1.90 bits per heavy atom. The standard InChI is InChI=1S/C15H13N3O2/c1-11-2-4-12(5-3-11)14(19)10-17-8-9-18-13(15(17)20)6-7-16-18/h2-9H,10H2,1H3. The van der Waals surface area contributed by atoms with E-state index in [0.29, 0.717) is 11.1 Å². The second kappa shape index (κ2) is 4.77. The minimum Gasteiger partial charge on any atom is -0.304 e. The Morgan fingerprint density at radius 1 is 1.15 bits per heavy atom. The molecule has 2 aromatic heterocycles. The first kappa shape index (κ1) is 12.3. The fraction of sp³-hybridized carbons (Fsp3) is 0.133. The first-order chi connectivity index (χ1) is 9.65. The topological polar surface area (TPSA) is 56.4 Å². The molecule has 0 amide bonds. The van der Waals surface area contributed by atoms with E-state index in [1.165, 1.54) is 9.08 Å². The van der Waals surface area contributed by atoms with Crippen molar-refractivity contribution in [1.82, 2.24) is 14.2 Å². The zero-order valence-corrected chi connectivity index (χ0v) is 11.0. The molecule has 3 aromatic rings. The highest BCUT2D eigenvalue weighted by molar-refractivity contribution is 5.95. The minimum atomic E-state index is -0.217. The van der Waals surface area contributed by atoms with Crippen LogP contribution in [0.4, 0.5) is 0 Å². The monoisotopic (exact) mass is 267 g/mol. The number of fused-ring (bicyclic) bond motifs is 1. The summed E-state index contributed by atoms with van der Waals surface area (Å²) in [5.41, 5.74) is 1.95. The van der Waals surface area contributed by atoms with Gasteiger partial charge in [-0.2, -0.15) is 5.10 Å². The molecule has 0 radical (unpaired) electrons. The molecule has 0 fully saturated rings. The summed E-state index contributed by atoms with van der Waals surface area (Å²) in [6.45, 7) is 2.00. The average Bonchev–Trinajstić information content (AvgIpc) is 2.92. The second-order valence-electron chi connectivity index (χ2n) is 4.68. The molecule has 100 valence electrons. The van der Waals surface area contributed by atoms with Crippen LogP contribution in [0.25, 0.3) is 5.52 Å². The third-order valence-corrected chi connectivity index (χ3v) is 3.23. The number of carbonyl (C=O) groups is 1. The molecule has 1 aromatic carbocycles. The van der Waals surface area contributed by atoms with Crippen LogP contribution in [0, 0.1) is 6.92 Å². The lowest BCUT2D eigenvalue weighted by Crippen LogP contribution is -2.25. The Labute approximate surface area is 115 Å². The number of hydrogen-bond acceptors (Lipinski definition) is 3. The summed E-state index contributed by atoms with van der Waals surface area (Å²) in [6, 6.07) is 8.96. The van der Waals surface area contributed by atoms with Crippen LogP contribution in [0.3, 0.4) is 0 Å². The third kappa shape index (κ3) is 2.14. The zero-order valence-electron chi connectivity index (χ0n) is 11.0. The molecule has 5 heteroatoms. The number of ketones is 1. The first-order valence-corrected chi connectivity index (χ1v) is 6.28. The molecule has 0 spiro atoms. The SMILES string of the molecule is Cc1ccc(C(=O)Cn2ccn3nccc3c2=O)cc1. The molecular weight excluding hydrogens is 254 g/mol. The van der Waals surface area contributed by atoms with E-state index < -0.39 is 0 Å². The molecule has 5 nitrogen and oxygen atoms in total. The molecule has 0 bridgehead atoms. The normalized spacial score (nSPS) is 10.8. The van der Waals surface area contributed by atoms with Gasteiger partial charge in [-0.05, 0) is 13.0 Å². The van der Waals surface area contributed by atoms with Gasteiger partial charge in [-0.3, -0.25) is 9.59 Å². The maximum Gasteiger partial charge on any atom is 0.276 e. The van der Waals surface area contributed by atoms with Gasteiger partial charge in [-0.1, -0.05) is 29.8 Å². The summed E-state index contributed by atoms with van der Waals surface area (Å²) in [6.07, 6.45) is 4.80. The van der Waals surface area contributed by atoms with Gasteiger partial charge in [0.2, 0.25) is 0 Å². The fourth-order valence-corrected chi connectivity index (χ4v) is 2.07. The van der Waals surface area contributed by atoms with Crippen LogP contribution in [0.1, 0.15) is 15.9 Å². The summed E-state index contributed by atoms with van der Waals surface area (Å²) in [7, 11) is 0. The van der Waals surface area contributed by atoms with Crippen LogP contribution in [-0.4, -0.2) is 20.0 Å². The van der Waals surface area contributed by atoms with Crippen molar-refractivity contribution < 1.29 is 4.79 Å². The third-order valence-electron chi connectivity index (χ3n) is 3.23. The van der Waals surface area contributed by atoms with Crippen molar-refractivity contribution in [3.8, 4) is 0 Å². The van der Waals surface area contributed by atoms with Crippen molar-refractivity contribution in [1.29, 1.82) is 0 Å². The highest BCUT2D eigenvalue weighted by atomic mass is 16.1. The molecule has 0 saturated heterocycles. The van der Waals surface area contributed by atoms with Gasteiger partial charge >= 0.3 is 0 Å². The van der Waals surface area contributed by atoms with Crippen molar-refractivity contribution >= 4 is 11.3 Å². The number of hydrogen-bond donors (Lipinski definition) is 0. The minimum absolute atomic E-state index is 0.0313. The van der Waals surface area contributed by atoms with E-state index in [9.17, 15) is 9.59 Å². The maximum atomic E-state index is 12.2. The number of benzene rings is 1. The summed E-state index contributed by atoms with van der Waals surface area (Å²) < 4.78 is 2.90. The predicted molar refractivity (Wildman–Crippen MR) is 75.0 cm³/mol. The van der Waals surface area contributed by atoms with Gasteiger partial charge in [-0.15, -0.1) is 0 Å². The Kier molecular flexibility index (Phi) is 2.95. The maximum absolute atomic E-state index is 12.2. The van der Waals surface area contributed by atoms with E-state index in [1.807, 2.05) is 19.1 Å². The van der Waals surface area contributed by atoms with Crippen LogP contribution in [0.2, 0.25) is 0 Å². The Hall–Kier alpha value is -2.69. The Morgan fingerprint density at radius 3 is 2.65 bits per heavy atom. The predicted octanol–water partition coefficient (Wildman–Crippen LogP) is 1.69. The van der Waals surface area contributed by atoms with Gasteiger partial charge < -0.3 is 4.57 Å². The molecule has 0 aliphatic rings. The molecule has 0 aliphatic carbocycles. The molecule has 0 saturated carbocycles. The van der Waals surface area contributed by atoms with E-state index in [-0.39, 0.29) is 17.9 Å². The zero-order chi connectivity index (χ0) is 14.1. The number of aryl methyl sites for hydroxylation is 1. The first-order valence-electron chi connectivity index (χ1n) is 6.28. The second-order valence-corrected chi connectivity index (χ2v) is 4.68. The summed E-state index contributed by atoms with van der Waals surface area (Å²) >= 11 is 0. The summed E-state index contributed by atoms with van der Waals surface area (Å²) in [4.78, 5) is 24.3. The van der Waals surface area contributed by atoms with E-state index in [2.05, 4.69) is 5.10 Å². The highest BCUT2D eigenvalue weighted by Gasteiger charge is 2.09. The fourth-order valence-electron chi connectivity index (χ4n) is 2.07. The smallest absolute Gasteiger partial charge is 0.276 e. The van der Waals surface area contributed by atoms with E-state index in [4.69, 9.17) is 0 Å². The molecule has 0 aliphatic heterocycles. The van der Waals surface area contributed by atoms with Crippen molar-refractivity contribution in [3.05, 3.63) is 70.4 Å². The van der Waals surface area contributed by atoms with Crippen molar-refractivity contribution in [2.75, 3.05) is 0 Å². The van der Waals surface area contributed by atoms with Gasteiger partial charge in [0, 0.05) is 18.0 Å². The van der Waals surface area contributed by atoms with Gasteiger partial charge in [0.05, 0.1) is 12.7 Å². The Bertz CT molecular complexity index is 828. The largest absolute Gasteiger partial charge is 0.304 e. The molecule has 2 heterocycles. The lowest BCUT2D eigenvalue weighted by molar-refractivity contribution is 0.0971. The van der Waals surface area contributed by atoms with E-state index in [1.54, 1.807) is 36.8 Å². The summed E-state index contributed by atoms with van der Waals surface area (Å²) in [5.74, 6) is -0.0871. The number of rotatable bonds is 3.